The molecule has 1 aliphatic rings. The van der Waals surface area contributed by atoms with Gasteiger partial charge in [0, 0.05) is 20.6 Å². The molecule has 7 heteroatoms. The smallest absolute Gasteiger partial charge is 0.268 e. The van der Waals surface area contributed by atoms with Crippen LogP contribution in [0.25, 0.3) is 6.08 Å². The topological polar surface area (TPSA) is 20.3 Å². The Balaban J connectivity index is 1.98. The molecule has 0 saturated carbocycles. The maximum atomic E-state index is 12.7. The Morgan fingerprint density at radius 3 is 2.22 bits per heavy atom. The van der Waals surface area contributed by atoms with Crippen LogP contribution in [-0.4, -0.2) is 10.2 Å². The van der Waals surface area contributed by atoms with Gasteiger partial charge in [0.05, 0.1) is 10.6 Å². The summed E-state index contributed by atoms with van der Waals surface area (Å²) in [4.78, 5) is 14.6. The zero-order valence-corrected chi connectivity index (χ0v) is 15.3. The quantitative estimate of drug-likeness (QED) is 0.452. The van der Waals surface area contributed by atoms with Crippen molar-refractivity contribution >= 4 is 80.8 Å². The molecule has 1 aliphatic heterocycles. The lowest BCUT2D eigenvalue weighted by molar-refractivity contribution is -0.113. The van der Waals surface area contributed by atoms with Crippen molar-refractivity contribution in [2.45, 2.75) is 0 Å². The highest BCUT2D eigenvalue weighted by atomic mass is 35.5. The Morgan fingerprint density at radius 2 is 1.61 bits per heavy atom. The van der Waals surface area contributed by atoms with Gasteiger partial charge in [0.2, 0.25) is 0 Å². The number of thioether (sulfide) groups is 1. The van der Waals surface area contributed by atoms with Crippen LogP contribution in [0.3, 0.4) is 0 Å². The monoisotopic (exact) mass is 399 g/mol. The van der Waals surface area contributed by atoms with E-state index < -0.39 is 0 Å². The van der Waals surface area contributed by atoms with Gasteiger partial charge in [-0.2, -0.15) is 0 Å². The molecule has 23 heavy (non-hydrogen) atoms. The fraction of sp³-hybridized carbons (Fsp3) is 0. The van der Waals surface area contributed by atoms with Crippen LogP contribution >= 0.6 is 58.8 Å². The number of carbonyl (C=O) groups excluding carboxylic acids is 1. The molecule has 0 radical (unpaired) electrons. The molecular formula is C16H8Cl3NOS2. The van der Waals surface area contributed by atoms with Crippen LogP contribution in [0.5, 0.6) is 0 Å². The molecule has 116 valence electrons. The molecule has 1 heterocycles. The molecule has 0 aromatic heterocycles. The largest absolute Gasteiger partial charge is 0.270 e. The zero-order chi connectivity index (χ0) is 16.6. The first-order valence-corrected chi connectivity index (χ1v) is 8.81. The Bertz CT molecular complexity index is 813. The van der Waals surface area contributed by atoms with E-state index in [9.17, 15) is 4.79 Å². The van der Waals surface area contributed by atoms with Crippen LogP contribution in [0.15, 0.2) is 47.4 Å². The van der Waals surface area contributed by atoms with E-state index in [2.05, 4.69) is 0 Å². The Labute approximate surface area is 158 Å². The number of carbonyl (C=O) groups is 1. The maximum absolute atomic E-state index is 12.7. The molecule has 1 fully saturated rings. The van der Waals surface area contributed by atoms with E-state index in [1.54, 1.807) is 48.5 Å². The highest BCUT2D eigenvalue weighted by molar-refractivity contribution is 8.27. The SMILES string of the molecule is O=C1C(=Cc2c(Cl)cccc2Cl)SC(=S)N1c1ccc(Cl)cc1. The summed E-state index contributed by atoms with van der Waals surface area (Å²) in [5.41, 5.74) is 1.28. The number of rotatable bonds is 2. The lowest BCUT2D eigenvalue weighted by Crippen LogP contribution is -2.27. The van der Waals surface area contributed by atoms with E-state index in [4.69, 9.17) is 47.0 Å². The lowest BCUT2D eigenvalue weighted by Gasteiger charge is -2.14. The number of anilines is 1. The summed E-state index contributed by atoms with van der Waals surface area (Å²) in [6.07, 6.45) is 1.67. The van der Waals surface area contributed by atoms with Crippen molar-refractivity contribution in [1.29, 1.82) is 0 Å². The van der Waals surface area contributed by atoms with Gasteiger partial charge in [-0.3, -0.25) is 9.69 Å². The van der Waals surface area contributed by atoms with E-state index in [-0.39, 0.29) is 5.91 Å². The van der Waals surface area contributed by atoms with Gasteiger partial charge >= 0.3 is 0 Å². The van der Waals surface area contributed by atoms with Gasteiger partial charge < -0.3 is 0 Å². The van der Waals surface area contributed by atoms with Crippen molar-refractivity contribution in [3.05, 3.63) is 68.0 Å². The van der Waals surface area contributed by atoms with E-state index in [1.165, 1.54) is 16.7 Å². The molecule has 0 unspecified atom stereocenters. The molecule has 3 rings (SSSR count). The number of amides is 1. The normalized spacial score (nSPS) is 16.5. The third-order valence-corrected chi connectivity index (χ3v) is 5.37. The van der Waals surface area contributed by atoms with Crippen molar-refractivity contribution in [1.82, 2.24) is 0 Å². The molecule has 1 amide bonds. The minimum Gasteiger partial charge on any atom is -0.268 e. The van der Waals surface area contributed by atoms with Gasteiger partial charge in [-0.25, -0.2) is 0 Å². The molecule has 0 atom stereocenters. The van der Waals surface area contributed by atoms with Gasteiger partial charge in [-0.05, 0) is 42.5 Å². The highest BCUT2D eigenvalue weighted by Crippen LogP contribution is 2.38. The van der Waals surface area contributed by atoms with Gasteiger partial charge in [-0.1, -0.05) is 64.8 Å². The summed E-state index contributed by atoms with van der Waals surface area (Å²) in [6, 6.07) is 12.1. The van der Waals surface area contributed by atoms with E-state index in [0.29, 0.717) is 35.5 Å². The lowest BCUT2D eigenvalue weighted by atomic mass is 10.2. The summed E-state index contributed by atoms with van der Waals surface area (Å²) in [7, 11) is 0. The van der Waals surface area contributed by atoms with Crippen molar-refractivity contribution in [3.63, 3.8) is 0 Å². The van der Waals surface area contributed by atoms with Crippen LogP contribution in [0, 0.1) is 0 Å². The van der Waals surface area contributed by atoms with E-state index in [1.807, 2.05) is 0 Å². The number of benzene rings is 2. The first-order chi connectivity index (χ1) is 11.0. The van der Waals surface area contributed by atoms with Crippen LogP contribution in [0.1, 0.15) is 5.56 Å². The second kappa shape index (κ2) is 6.83. The van der Waals surface area contributed by atoms with Crippen molar-refractivity contribution in [2.75, 3.05) is 4.90 Å². The molecule has 2 nitrogen and oxygen atoms in total. The summed E-state index contributed by atoms with van der Waals surface area (Å²) in [5.74, 6) is -0.210. The summed E-state index contributed by atoms with van der Waals surface area (Å²) < 4.78 is 0.451. The van der Waals surface area contributed by atoms with E-state index >= 15 is 0 Å². The second-order valence-corrected chi connectivity index (χ2v) is 7.56. The van der Waals surface area contributed by atoms with Crippen LogP contribution in [-0.2, 0) is 4.79 Å². The predicted molar refractivity (Wildman–Crippen MR) is 104 cm³/mol. The molecule has 1 saturated heterocycles. The predicted octanol–water partition coefficient (Wildman–Crippen LogP) is 6.05. The minimum atomic E-state index is -0.210. The number of nitrogens with zero attached hydrogens (tertiary/aromatic N) is 1. The third-order valence-electron chi connectivity index (χ3n) is 3.15. The van der Waals surface area contributed by atoms with Gasteiger partial charge in [0.15, 0.2) is 4.32 Å². The van der Waals surface area contributed by atoms with Crippen molar-refractivity contribution in [3.8, 4) is 0 Å². The number of hydrogen-bond donors (Lipinski definition) is 0. The van der Waals surface area contributed by atoms with Crippen LogP contribution in [0.4, 0.5) is 5.69 Å². The van der Waals surface area contributed by atoms with Crippen LogP contribution in [0.2, 0.25) is 15.1 Å². The highest BCUT2D eigenvalue weighted by Gasteiger charge is 2.33. The average Bonchev–Trinajstić information content (AvgIpc) is 2.79. The molecular weight excluding hydrogens is 393 g/mol. The minimum absolute atomic E-state index is 0.210. The molecule has 0 spiro atoms. The standard InChI is InChI=1S/C16H8Cl3NOS2/c17-9-4-6-10(7-5-9)20-15(21)14(23-16(20)22)8-11-12(18)2-1-3-13(11)19/h1-8H. The third kappa shape index (κ3) is 3.42. The Morgan fingerprint density at radius 1 is 1.00 bits per heavy atom. The van der Waals surface area contributed by atoms with Gasteiger partial charge in [0.1, 0.15) is 0 Å². The first-order valence-electron chi connectivity index (χ1n) is 6.45. The number of thiocarbonyl (C=S) groups is 1. The molecule has 2 aromatic rings. The summed E-state index contributed by atoms with van der Waals surface area (Å²) >= 11 is 24.7. The van der Waals surface area contributed by atoms with Gasteiger partial charge in [-0.15, -0.1) is 0 Å². The molecule has 0 N–H and O–H groups in total. The first kappa shape index (κ1) is 16.8. The Kier molecular flexibility index (Phi) is 4.99. The fourth-order valence-corrected chi connectivity index (χ4v) is 3.97. The average molecular weight is 401 g/mol. The summed E-state index contributed by atoms with van der Waals surface area (Å²) in [5, 5.41) is 1.56. The van der Waals surface area contributed by atoms with Crippen molar-refractivity contribution in [2.24, 2.45) is 0 Å². The molecule has 0 bridgehead atoms. The summed E-state index contributed by atoms with van der Waals surface area (Å²) in [6.45, 7) is 0. The molecule has 2 aromatic carbocycles. The number of hydrogen-bond acceptors (Lipinski definition) is 3. The molecule has 0 aliphatic carbocycles. The van der Waals surface area contributed by atoms with Crippen molar-refractivity contribution < 1.29 is 4.79 Å². The zero-order valence-electron chi connectivity index (χ0n) is 11.4. The van der Waals surface area contributed by atoms with Crippen LogP contribution < -0.4 is 4.90 Å². The maximum Gasteiger partial charge on any atom is 0.270 e. The Hall–Kier alpha value is -1.04. The fourth-order valence-electron chi connectivity index (χ4n) is 2.06. The van der Waals surface area contributed by atoms with E-state index in [0.717, 1.165) is 0 Å². The van der Waals surface area contributed by atoms with Gasteiger partial charge in [0.25, 0.3) is 5.91 Å². The number of halogens is 3. The second-order valence-electron chi connectivity index (χ2n) is 4.63.